The number of para-hydroxylation sites is 1. The fourth-order valence-corrected chi connectivity index (χ4v) is 2.97. The van der Waals surface area contributed by atoms with E-state index in [1.165, 1.54) is 0 Å². The number of hydrogen-bond donors (Lipinski definition) is 2. The minimum Gasteiger partial charge on any atom is -0.394 e. The molecule has 0 spiro atoms. The second kappa shape index (κ2) is 6.97. The molecule has 2 amide bonds. The van der Waals surface area contributed by atoms with Gasteiger partial charge in [-0.15, -0.1) is 0 Å². The molecule has 1 aromatic carbocycles. The number of likely N-dealkylation sites (tertiary alicyclic amines) is 1. The van der Waals surface area contributed by atoms with Gasteiger partial charge in [-0.25, -0.2) is 4.79 Å². The van der Waals surface area contributed by atoms with Gasteiger partial charge in [0.1, 0.15) is 0 Å². The van der Waals surface area contributed by atoms with Crippen molar-refractivity contribution >= 4 is 17.0 Å². The summed E-state index contributed by atoms with van der Waals surface area (Å²) in [5, 5.41) is 17.3. The zero-order valence-electron chi connectivity index (χ0n) is 13.1. The lowest BCUT2D eigenvalue weighted by molar-refractivity contribution is 0.110. The van der Waals surface area contributed by atoms with E-state index in [1.807, 2.05) is 24.3 Å². The zero-order chi connectivity index (χ0) is 16.2. The third-order valence-electron chi connectivity index (χ3n) is 4.27. The third-order valence-corrected chi connectivity index (χ3v) is 4.27. The Kier molecular flexibility index (Phi) is 4.78. The topological polar surface area (TPSA) is 87.8 Å². The van der Waals surface area contributed by atoms with Crippen molar-refractivity contribution in [3.8, 4) is 0 Å². The van der Waals surface area contributed by atoms with Crippen LogP contribution in [0, 0.1) is 0 Å². The minimum atomic E-state index is -0.187. The number of aromatic nitrogens is 1. The van der Waals surface area contributed by atoms with Crippen LogP contribution in [-0.2, 0) is 11.2 Å². The van der Waals surface area contributed by atoms with Gasteiger partial charge >= 0.3 is 6.03 Å². The van der Waals surface area contributed by atoms with Crippen LogP contribution in [0.15, 0.2) is 28.8 Å². The van der Waals surface area contributed by atoms with Gasteiger partial charge in [0.2, 0.25) is 0 Å². The quantitative estimate of drug-likeness (QED) is 0.863. The summed E-state index contributed by atoms with van der Waals surface area (Å²) in [6.07, 6.45) is 1.24. The summed E-state index contributed by atoms with van der Waals surface area (Å²) >= 11 is 0. The SMILES string of the molecule is CO[C@@H]1C[C@@H](CO)N(C(=O)NCCc2noc3ccccc23)C1. The maximum Gasteiger partial charge on any atom is 0.317 e. The van der Waals surface area contributed by atoms with Gasteiger partial charge in [-0.05, 0) is 18.6 Å². The molecular formula is C16H21N3O4. The minimum absolute atomic E-state index is 0.0163. The fourth-order valence-electron chi connectivity index (χ4n) is 2.97. The number of nitrogens with zero attached hydrogens (tertiary/aromatic N) is 2. The van der Waals surface area contributed by atoms with Gasteiger partial charge in [0.05, 0.1) is 24.4 Å². The van der Waals surface area contributed by atoms with Crippen molar-refractivity contribution in [2.24, 2.45) is 0 Å². The smallest absolute Gasteiger partial charge is 0.317 e. The van der Waals surface area contributed by atoms with Crippen molar-refractivity contribution < 1.29 is 19.2 Å². The lowest BCUT2D eigenvalue weighted by Crippen LogP contribution is -2.45. The highest BCUT2D eigenvalue weighted by Crippen LogP contribution is 2.20. The van der Waals surface area contributed by atoms with Crippen molar-refractivity contribution in [1.29, 1.82) is 0 Å². The van der Waals surface area contributed by atoms with Crippen molar-refractivity contribution in [2.45, 2.75) is 25.0 Å². The molecule has 7 heteroatoms. The molecule has 0 aliphatic carbocycles. The van der Waals surface area contributed by atoms with Crippen LogP contribution in [0.4, 0.5) is 4.79 Å². The molecule has 2 heterocycles. The van der Waals surface area contributed by atoms with E-state index in [2.05, 4.69) is 10.5 Å². The maximum absolute atomic E-state index is 12.3. The number of rotatable bonds is 5. The van der Waals surface area contributed by atoms with Crippen molar-refractivity contribution in [3.05, 3.63) is 30.0 Å². The van der Waals surface area contributed by atoms with Crippen LogP contribution in [0.1, 0.15) is 12.1 Å². The predicted molar refractivity (Wildman–Crippen MR) is 84.1 cm³/mol. The van der Waals surface area contributed by atoms with Crippen LogP contribution in [0.2, 0.25) is 0 Å². The Bertz CT molecular complexity index is 672. The molecule has 1 aliphatic rings. The standard InChI is InChI=1S/C16H21N3O4/c1-22-12-8-11(10-20)19(9-12)16(21)17-7-6-14-13-4-2-3-5-15(13)23-18-14/h2-5,11-12,20H,6-10H2,1H3,(H,17,21)/t11-,12+/m0/s1. The fraction of sp³-hybridized carbons (Fsp3) is 0.500. The van der Waals surface area contributed by atoms with E-state index < -0.39 is 0 Å². The first kappa shape index (κ1) is 15.8. The Balaban J connectivity index is 1.55. The first-order valence-corrected chi connectivity index (χ1v) is 7.74. The summed E-state index contributed by atoms with van der Waals surface area (Å²) in [7, 11) is 1.62. The molecular weight excluding hydrogens is 298 g/mol. The Labute approximate surface area is 134 Å². The second-order valence-electron chi connectivity index (χ2n) is 5.69. The van der Waals surface area contributed by atoms with Crippen LogP contribution in [0.3, 0.4) is 0 Å². The molecule has 1 aliphatic heterocycles. The largest absolute Gasteiger partial charge is 0.394 e. The van der Waals surface area contributed by atoms with Gasteiger partial charge in [-0.2, -0.15) is 0 Å². The van der Waals surface area contributed by atoms with Crippen LogP contribution >= 0.6 is 0 Å². The molecule has 0 unspecified atom stereocenters. The van der Waals surface area contributed by atoms with Gasteiger partial charge in [-0.1, -0.05) is 17.3 Å². The number of carbonyl (C=O) groups excluding carboxylic acids is 1. The summed E-state index contributed by atoms with van der Waals surface area (Å²) < 4.78 is 10.5. The van der Waals surface area contributed by atoms with Crippen LogP contribution < -0.4 is 5.32 Å². The first-order valence-electron chi connectivity index (χ1n) is 7.74. The number of amides is 2. The molecule has 1 fully saturated rings. The van der Waals surface area contributed by atoms with Gasteiger partial charge < -0.3 is 24.6 Å². The summed E-state index contributed by atoms with van der Waals surface area (Å²) in [4.78, 5) is 13.9. The second-order valence-corrected chi connectivity index (χ2v) is 5.69. The van der Waals surface area contributed by atoms with Crippen LogP contribution in [-0.4, -0.2) is 60.1 Å². The van der Waals surface area contributed by atoms with Gasteiger partial charge in [-0.3, -0.25) is 0 Å². The van der Waals surface area contributed by atoms with Crippen LogP contribution in [0.25, 0.3) is 11.0 Å². The molecule has 2 aromatic rings. The average molecular weight is 319 g/mol. The number of carbonyl (C=O) groups is 1. The van der Waals surface area contributed by atoms with E-state index >= 15 is 0 Å². The molecule has 0 saturated carbocycles. The monoisotopic (exact) mass is 319 g/mol. The first-order chi connectivity index (χ1) is 11.2. The highest BCUT2D eigenvalue weighted by molar-refractivity contribution is 5.79. The highest BCUT2D eigenvalue weighted by Gasteiger charge is 2.34. The number of aliphatic hydroxyl groups is 1. The lowest BCUT2D eigenvalue weighted by Gasteiger charge is -2.22. The Morgan fingerprint density at radius 2 is 2.35 bits per heavy atom. The summed E-state index contributed by atoms with van der Waals surface area (Å²) in [5.74, 6) is 0. The molecule has 124 valence electrons. The van der Waals surface area contributed by atoms with Crippen molar-refractivity contribution in [1.82, 2.24) is 15.4 Å². The number of ether oxygens (including phenoxy) is 1. The average Bonchev–Trinajstić information content (AvgIpc) is 3.18. The highest BCUT2D eigenvalue weighted by atomic mass is 16.5. The molecule has 1 aromatic heterocycles. The molecule has 0 radical (unpaired) electrons. The van der Waals surface area contributed by atoms with E-state index in [-0.39, 0.29) is 24.8 Å². The van der Waals surface area contributed by atoms with E-state index in [1.54, 1.807) is 12.0 Å². The summed E-state index contributed by atoms with van der Waals surface area (Å²) in [5.41, 5.74) is 1.58. The molecule has 0 bridgehead atoms. The Hall–Kier alpha value is -2.12. The summed E-state index contributed by atoms with van der Waals surface area (Å²) in [6.45, 7) is 0.906. The van der Waals surface area contributed by atoms with Crippen LogP contribution in [0.5, 0.6) is 0 Å². The normalized spacial score (nSPS) is 21.0. The lowest BCUT2D eigenvalue weighted by atomic mass is 10.2. The number of nitrogens with one attached hydrogen (secondary N) is 1. The van der Waals surface area contributed by atoms with Gasteiger partial charge in [0.15, 0.2) is 5.58 Å². The Morgan fingerprint density at radius 3 is 3.13 bits per heavy atom. The number of fused-ring (bicyclic) bond motifs is 1. The predicted octanol–water partition coefficient (Wildman–Crippen LogP) is 1.16. The van der Waals surface area contributed by atoms with Crippen molar-refractivity contribution in [3.63, 3.8) is 0 Å². The van der Waals surface area contributed by atoms with E-state index in [9.17, 15) is 9.90 Å². The third kappa shape index (κ3) is 3.30. The van der Waals surface area contributed by atoms with E-state index in [4.69, 9.17) is 9.26 Å². The van der Waals surface area contributed by atoms with Crippen molar-refractivity contribution in [2.75, 3.05) is 26.8 Å². The maximum atomic E-state index is 12.3. The van der Waals surface area contributed by atoms with E-state index in [0.29, 0.717) is 25.9 Å². The zero-order valence-corrected chi connectivity index (χ0v) is 13.1. The van der Waals surface area contributed by atoms with E-state index in [0.717, 1.165) is 16.7 Å². The number of benzene rings is 1. The molecule has 1 saturated heterocycles. The number of methoxy groups -OCH3 is 1. The molecule has 23 heavy (non-hydrogen) atoms. The Morgan fingerprint density at radius 1 is 1.52 bits per heavy atom. The van der Waals surface area contributed by atoms with Gasteiger partial charge in [0.25, 0.3) is 0 Å². The number of aliphatic hydroxyl groups excluding tert-OH is 1. The molecule has 3 rings (SSSR count). The molecule has 7 nitrogen and oxygen atoms in total. The van der Waals surface area contributed by atoms with Gasteiger partial charge in [0, 0.05) is 32.0 Å². The molecule has 2 atom stereocenters. The number of urea groups is 1. The summed E-state index contributed by atoms with van der Waals surface area (Å²) in [6, 6.07) is 7.28. The number of hydrogen-bond acceptors (Lipinski definition) is 5. The molecule has 2 N–H and O–H groups in total.